The second kappa shape index (κ2) is 7.12. The SMILES string of the molecule is CCCC(=O)NCC1CCN(c2ccccn2)CC1. The van der Waals surface area contributed by atoms with Gasteiger partial charge in [0.1, 0.15) is 5.82 Å². The highest BCUT2D eigenvalue weighted by Gasteiger charge is 2.20. The molecule has 104 valence electrons. The Kier molecular flexibility index (Phi) is 5.19. The molecule has 0 bridgehead atoms. The van der Waals surface area contributed by atoms with E-state index in [1.807, 2.05) is 25.3 Å². The van der Waals surface area contributed by atoms with Crippen LogP contribution in [0, 0.1) is 5.92 Å². The second-order valence-electron chi connectivity index (χ2n) is 5.17. The zero-order valence-electron chi connectivity index (χ0n) is 11.6. The summed E-state index contributed by atoms with van der Waals surface area (Å²) in [6.45, 7) is 4.93. The fourth-order valence-electron chi connectivity index (χ4n) is 2.48. The van der Waals surface area contributed by atoms with Gasteiger partial charge >= 0.3 is 0 Å². The topological polar surface area (TPSA) is 45.2 Å². The van der Waals surface area contributed by atoms with Crippen LogP contribution in [0.2, 0.25) is 0 Å². The normalized spacial score (nSPS) is 16.4. The van der Waals surface area contributed by atoms with Gasteiger partial charge in [0.2, 0.25) is 5.91 Å². The van der Waals surface area contributed by atoms with Crippen molar-refractivity contribution >= 4 is 11.7 Å². The van der Waals surface area contributed by atoms with Gasteiger partial charge in [0.05, 0.1) is 0 Å². The molecule has 0 aliphatic carbocycles. The summed E-state index contributed by atoms with van der Waals surface area (Å²) in [6, 6.07) is 6.03. The van der Waals surface area contributed by atoms with E-state index in [1.165, 1.54) is 0 Å². The lowest BCUT2D eigenvalue weighted by Gasteiger charge is -2.32. The third-order valence-corrected chi connectivity index (χ3v) is 3.65. The van der Waals surface area contributed by atoms with Gasteiger partial charge in [-0.25, -0.2) is 4.98 Å². The lowest BCUT2D eigenvalue weighted by molar-refractivity contribution is -0.121. The van der Waals surface area contributed by atoms with Gasteiger partial charge in [-0.3, -0.25) is 4.79 Å². The highest BCUT2D eigenvalue weighted by Crippen LogP contribution is 2.20. The van der Waals surface area contributed by atoms with E-state index >= 15 is 0 Å². The Morgan fingerprint density at radius 1 is 1.42 bits per heavy atom. The maximum absolute atomic E-state index is 11.4. The van der Waals surface area contributed by atoms with E-state index in [1.54, 1.807) is 0 Å². The Labute approximate surface area is 115 Å². The summed E-state index contributed by atoms with van der Waals surface area (Å²) in [6.07, 6.45) is 5.66. The first-order chi connectivity index (χ1) is 9.29. The van der Waals surface area contributed by atoms with E-state index in [0.29, 0.717) is 12.3 Å². The van der Waals surface area contributed by atoms with Crippen molar-refractivity contribution in [2.45, 2.75) is 32.6 Å². The Bertz CT molecular complexity index is 386. The van der Waals surface area contributed by atoms with Crippen LogP contribution < -0.4 is 10.2 Å². The molecule has 1 N–H and O–H groups in total. The van der Waals surface area contributed by atoms with Crippen LogP contribution in [0.25, 0.3) is 0 Å². The zero-order valence-corrected chi connectivity index (χ0v) is 11.6. The summed E-state index contributed by atoms with van der Waals surface area (Å²) >= 11 is 0. The summed E-state index contributed by atoms with van der Waals surface area (Å²) < 4.78 is 0. The Morgan fingerprint density at radius 3 is 2.84 bits per heavy atom. The van der Waals surface area contributed by atoms with E-state index in [2.05, 4.69) is 21.3 Å². The number of nitrogens with zero attached hydrogens (tertiary/aromatic N) is 2. The number of rotatable bonds is 5. The van der Waals surface area contributed by atoms with E-state index in [4.69, 9.17) is 0 Å². The van der Waals surface area contributed by atoms with Gasteiger partial charge in [-0.15, -0.1) is 0 Å². The molecule has 2 heterocycles. The molecule has 4 heteroatoms. The van der Waals surface area contributed by atoms with Gasteiger partial charge in [0.25, 0.3) is 0 Å². The monoisotopic (exact) mass is 261 g/mol. The molecule has 1 fully saturated rings. The van der Waals surface area contributed by atoms with Gasteiger partial charge < -0.3 is 10.2 Å². The van der Waals surface area contributed by atoms with Crippen LogP contribution in [-0.2, 0) is 4.79 Å². The van der Waals surface area contributed by atoms with Crippen LogP contribution in [0.4, 0.5) is 5.82 Å². The highest BCUT2D eigenvalue weighted by atomic mass is 16.1. The van der Waals surface area contributed by atoms with E-state index in [-0.39, 0.29) is 5.91 Å². The Hall–Kier alpha value is -1.58. The van der Waals surface area contributed by atoms with Crippen LogP contribution in [0.3, 0.4) is 0 Å². The number of amides is 1. The van der Waals surface area contributed by atoms with Crippen LogP contribution in [0.1, 0.15) is 32.6 Å². The number of pyridine rings is 1. The second-order valence-corrected chi connectivity index (χ2v) is 5.17. The predicted molar refractivity (Wildman–Crippen MR) is 77.1 cm³/mol. The highest BCUT2D eigenvalue weighted by molar-refractivity contribution is 5.75. The number of carbonyl (C=O) groups is 1. The number of anilines is 1. The first-order valence-corrected chi connectivity index (χ1v) is 7.22. The number of piperidine rings is 1. The fraction of sp³-hybridized carbons (Fsp3) is 0.600. The number of aromatic nitrogens is 1. The zero-order chi connectivity index (χ0) is 13.5. The molecule has 0 saturated carbocycles. The molecule has 0 unspecified atom stereocenters. The van der Waals surface area contributed by atoms with Crippen molar-refractivity contribution < 1.29 is 4.79 Å². The molecule has 0 atom stereocenters. The van der Waals surface area contributed by atoms with Crippen molar-refractivity contribution in [2.75, 3.05) is 24.5 Å². The lowest BCUT2D eigenvalue weighted by atomic mass is 9.96. The van der Waals surface area contributed by atoms with Gasteiger partial charge in [-0.1, -0.05) is 13.0 Å². The van der Waals surface area contributed by atoms with Crippen molar-refractivity contribution in [3.8, 4) is 0 Å². The average Bonchev–Trinajstić information content (AvgIpc) is 2.47. The number of nitrogens with one attached hydrogen (secondary N) is 1. The molecule has 0 aromatic carbocycles. The molecule has 1 aromatic rings. The van der Waals surface area contributed by atoms with Crippen molar-refractivity contribution in [3.05, 3.63) is 24.4 Å². The summed E-state index contributed by atoms with van der Waals surface area (Å²) in [5, 5.41) is 3.03. The minimum absolute atomic E-state index is 0.189. The molecule has 1 amide bonds. The molecule has 1 aliphatic heterocycles. The molecular formula is C15H23N3O. The third kappa shape index (κ3) is 4.23. The minimum atomic E-state index is 0.189. The molecule has 0 spiro atoms. The minimum Gasteiger partial charge on any atom is -0.357 e. The maximum atomic E-state index is 11.4. The van der Waals surface area contributed by atoms with Gasteiger partial charge in [0.15, 0.2) is 0 Å². The third-order valence-electron chi connectivity index (χ3n) is 3.65. The largest absolute Gasteiger partial charge is 0.357 e. The van der Waals surface area contributed by atoms with Crippen molar-refractivity contribution in [1.29, 1.82) is 0 Å². The van der Waals surface area contributed by atoms with Crippen LogP contribution in [0.15, 0.2) is 24.4 Å². The van der Waals surface area contributed by atoms with Gasteiger partial charge in [0, 0.05) is 32.3 Å². The van der Waals surface area contributed by atoms with Crippen molar-refractivity contribution in [2.24, 2.45) is 5.92 Å². The quantitative estimate of drug-likeness (QED) is 0.884. The first kappa shape index (κ1) is 13.8. The molecule has 19 heavy (non-hydrogen) atoms. The van der Waals surface area contributed by atoms with E-state index in [0.717, 1.165) is 44.7 Å². The molecular weight excluding hydrogens is 238 g/mol. The summed E-state index contributed by atoms with van der Waals surface area (Å²) in [7, 11) is 0. The smallest absolute Gasteiger partial charge is 0.219 e. The fourth-order valence-corrected chi connectivity index (χ4v) is 2.48. The molecule has 0 radical (unpaired) electrons. The lowest BCUT2D eigenvalue weighted by Crippen LogP contribution is -2.38. The maximum Gasteiger partial charge on any atom is 0.219 e. The molecule has 1 saturated heterocycles. The number of carbonyl (C=O) groups excluding carboxylic acids is 1. The summed E-state index contributed by atoms with van der Waals surface area (Å²) in [5.74, 6) is 1.87. The predicted octanol–water partition coefficient (Wildman–Crippen LogP) is 2.21. The first-order valence-electron chi connectivity index (χ1n) is 7.22. The Morgan fingerprint density at radius 2 is 2.21 bits per heavy atom. The van der Waals surface area contributed by atoms with Gasteiger partial charge in [-0.05, 0) is 37.3 Å². The van der Waals surface area contributed by atoms with E-state index < -0.39 is 0 Å². The molecule has 2 rings (SSSR count). The molecule has 4 nitrogen and oxygen atoms in total. The van der Waals surface area contributed by atoms with Crippen molar-refractivity contribution in [1.82, 2.24) is 10.3 Å². The van der Waals surface area contributed by atoms with E-state index in [9.17, 15) is 4.79 Å². The molecule has 1 aliphatic rings. The number of hydrogen-bond donors (Lipinski definition) is 1. The molecule has 1 aromatic heterocycles. The van der Waals surface area contributed by atoms with Crippen molar-refractivity contribution in [3.63, 3.8) is 0 Å². The summed E-state index contributed by atoms with van der Waals surface area (Å²) in [4.78, 5) is 18.1. The summed E-state index contributed by atoms with van der Waals surface area (Å²) in [5.41, 5.74) is 0. The average molecular weight is 261 g/mol. The van der Waals surface area contributed by atoms with Crippen LogP contribution >= 0.6 is 0 Å². The van der Waals surface area contributed by atoms with Crippen LogP contribution in [-0.4, -0.2) is 30.5 Å². The van der Waals surface area contributed by atoms with Crippen LogP contribution in [0.5, 0.6) is 0 Å². The van der Waals surface area contributed by atoms with Gasteiger partial charge in [-0.2, -0.15) is 0 Å². The Balaban J connectivity index is 1.72. The standard InChI is InChI=1S/C15H23N3O/c1-2-5-15(19)17-12-13-7-10-18(11-8-13)14-6-3-4-9-16-14/h3-4,6,9,13H,2,5,7-8,10-12H2,1H3,(H,17,19). The number of hydrogen-bond acceptors (Lipinski definition) is 3.